The number of ether oxygens (including phenoxy) is 2. The number of nitrogens with zero attached hydrogens (tertiary/aromatic N) is 4. The van der Waals surface area contributed by atoms with Crippen molar-refractivity contribution in [2.45, 2.75) is 47.2 Å². The zero-order valence-corrected chi connectivity index (χ0v) is 18.3. The first-order valence-corrected chi connectivity index (χ1v) is 10.2. The molecule has 0 unspecified atom stereocenters. The second kappa shape index (κ2) is 12.1. The van der Waals surface area contributed by atoms with E-state index in [1.807, 2.05) is 32.4 Å². The van der Waals surface area contributed by atoms with Crippen LogP contribution in [0.5, 0.6) is 5.75 Å². The van der Waals surface area contributed by atoms with Crippen molar-refractivity contribution in [1.29, 1.82) is 0 Å². The first-order chi connectivity index (χ1) is 14.0. The largest absolute Gasteiger partial charge is 0.494 e. The van der Waals surface area contributed by atoms with Gasteiger partial charge in [0.2, 0.25) is 0 Å². The van der Waals surface area contributed by atoms with Crippen LogP contribution >= 0.6 is 0 Å². The molecule has 0 radical (unpaired) electrons. The average Bonchev–Trinajstić information content (AvgIpc) is 3.02. The van der Waals surface area contributed by atoms with E-state index in [1.165, 1.54) is 5.56 Å². The molecule has 2 N–H and O–H groups in total. The van der Waals surface area contributed by atoms with Crippen molar-refractivity contribution in [3.8, 4) is 5.75 Å². The van der Waals surface area contributed by atoms with Gasteiger partial charge in [0, 0.05) is 32.4 Å². The van der Waals surface area contributed by atoms with E-state index in [0.717, 1.165) is 55.1 Å². The SMILES string of the molecule is CCOCCCNC(=NCc1ccc(C)cc1OCC)NCc1nnc(C)n1C. The topological polar surface area (TPSA) is 85.6 Å². The van der Waals surface area contributed by atoms with E-state index in [9.17, 15) is 0 Å². The van der Waals surface area contributed by atoms with Crippen LogP contribution in [-0.2, 0) is 24.9 Å². The van der Waals surface area contributed by atoms with Crippen LogP contribution < -0.4 is 15.4 Å². The predicted octanol–water partition coefficient (Wildman–Crippen LogP) is 2.49. The van der Waals surface area contributed by atoms with Gasteiger partial charge in [-0.25, -0.2) is 4.99 Å². The van der Waals surface area contributed by atoms with Crippen LogP contribution in [0.25, 0.3) is 0 Å². The molecular weight excluding hydrogens is 368 g/mol. The van der Waals surface area contributed by atoms with Crippen molar-refractivity contribution >= 4 is 5.96 Å². The Morgan fingerprint density at radius 2 is 1.97 bits per heavy atom. The third-order valence-electron chi connectivity index (χ3n) is 4.49. The molecular formula is C21H34N6O2. The monoisotopic (exact) mass is 402 g/mol. The number of aliphatic imine (C=N–C) groups is 1. The Balaban J connectivity index is 2.05. The number of hydrogen-bond acceptors (Lipinski definition) is 5. The minimum Gasteiger partial charge on any atom is -0.494 e. The number of nitrogens with one attached hydrogen (secondary N) is 2. The summed E-state index contributed by atoms with van der Waals surface area (Å²) in [6.07, 6.45) is 0.909. The first kappa shape index (κ1) is 22.7. The molecule has 2 aromatic rings. The number of hydrogen-bond donors (Lipinski definition) is 2. The molecule has 0 saturated carbocycles. The summed E-state index contributed by atoms with van der Waals surface area (Å²) in [5.74, 6) is 3.35. The maximum absolute atomic E-state index is 5.78. The van der Waals surface area contributed by atoms with Gasteiger partial charge >= 0.3 is 0 Å². The van der Waals surface area contributed by atoms with Crippen molar-refractivity contribution < 1.29 is 9.47 Å². The molecule has 0 fully saturated rings. The lowest BCUT2D eigenvalue weighted by atomic mass is 10.1. The molecule has 1 heterocycles. The van der Waals surface area contributed by atoms with Gasteiger partial charge in [-0.3, -0.25) is 0 Å². The van der Waals surface area contributed by atoms with E-state index in [4.69, 9.17) is 14.5 Å². The summed E-state index contributed by atoms with van der Waals surface area (Å²) >= 11 is 0. The summed E-state index contributed by atoms with van der Waals surface area (Å²) in [6.45, 7) is 11.9. The molecule has 0 aliphatic carbocycles. The highest BCUT2D eigenvalue weighted by Gasteiger charge is 2.08. The van der Waals surface area contributed by atoms with Crippen molar-refractivity contribution in [2.24, 2.45) is 12.0 Å². The van der Waals surface area contributed by atoms with Gasteiger partial charge in [-0.1, -0.05) is 12.1 Å². The second-order valence-corrected chi connectivity index (χ2v) is 6.76. The van der Waals surface area contributed by atoms with Gasteiger partial charge in [0.15, 0.2) is 11.8 Å². The smallest absolute Gasteiger partial charge is 0.191 e. The van der Waals surface area contributed by atoms with Crippen LogP contribution in [-0.4, -0.2) is 47.1 Å². The molecule has 0 atom stereocenters. The highest BCUT2D eigenvalue weighted by molar-refractivity contribution is 5.79. The molecule has 2 rings (SSSR count). The van der Waals surface area contributed by atoms with Gasteiger partial charge in [0.1, 0.15) is 11.6 Å². The average molecular weight is 403 g/mol. The van der Waals surface area contributed by atoms with E-state index < -0.39 is 0 Å². The Morgan fingerprint density at radius 1 is 1.14 bits per heavy atom. The molecule has 8 heteroatoms. The summed E-state index contributed by atoms with van der Waals surface area (Å²) in [4.78, 5) is 4.75. The molecule has 0 aliphatic rings. The lowest BCUT2D eigenvalue weighted by Crippen LogP contribution is -2.38. The predicted molar refractivity (Wildman–Crippen MR) is 115 cm³/mol. The number of guanidine groups is 1. The number of rotatable bonds is 11. The van der Waals surface area contributed by atoms with Crippen LogP contribution in [0.2, 0.25) is 0 Å². The maximum atomic E-state index is 5.78. The zero-order valence-electron chi connectivity index (χ0n) is 18.3. The van der Waals surface area contributed by atoms with E-state index in [2.05, 4.69) is 46.0 Å². The molecule has 160 valence electrons. The van der Waals surface area contributed by atoms with Crippen LogP contribution in [0.15, 0.2) is 23.2 Å². The molecule has 29 heavy (non-hydrogen) atoms. The Bertz CT molecular complexity index is 787. The summed E-state index contributed by atoms with van der Waals surface area (Å²) in [5, 5.41) is 15.0. The lowest BCUT2D eigenvalue weighted by Gasteiger charge is -2.14. The third-order valence-corrected chi connectivity index (χ3v) is 4.49. The minimum absolute atomic E-state index is 0.522. The second-order valence-electron chi connectivity index (χ2n) is 6.76. The highest BCUT2D eigenvalue weighted by Crippen LogP contribution is 2.21. The van der Waals surface area contributed by atoms with Gasteiger partial charge < -0.3 is 24.7 Å². The number of aryl methyl sites for hydroxylation is 2. The van der Waals surface area contributed by atoms with Crippen molar-refractivity contribution in [2.75, 3.05) is 26.4 Å². The molecule has 1 aromatic heterocycles. The molecule has 8 nitrogen and oxygen atoms in total. The summed E-state index contributed by atoms with van der Waals surface area (Å²) in [6, 6.07) is 6.21. The van der Waals surface area contributed by atoms with Crippen molar-refractivity contribution in [1.82, 2.24) is 25.4 Å². The van der Waals surface area contributed by atoms with Crippen molar-refractivity contribution in [3.63, 3.8) is 0 Å². The summed E-state index contributed by atoms with van der Waals surface area (Å²) in [5.41, 5.74) is 2.23. The third kappa shape index (κ3) is 7.38. The van der Waals surface area contributed by atoms with Crippen molar-refractivity contribution in [3.05, 3.63) is 41.0 Å². The first-order valence-electron chi connectivity index (χ1n) is 10.2. The van der Waals surface area contributed by atoms with Crippen LogP contribution in [0, 0.1) is 13.8 Å². The number of benzene rings is 1. The summed E-state index contributed by atoms with van der Waals surface area (Å²) in [7, 11) is 1.96. The van der Waals surface area contributed by atoms with Gasteiger partial charge in [0.05, 0.1) is 19.7 Å². The Labute approximate surface area is 173 Å². The Morgan fingerprint density at radius 3 is 2.66 bits per heavy atom. The van der Waals surface area contributed by atoms with Gasteiger partial charge in [-0.05, 0) is 45.7 Å². The Hall–Kier alpha value is -2.61. The molecule has 0 aliphatic heterocycles. The van der Waals surface area contributed by atoms with E-state index >= 15 is 0 Å². The van der Waals surface area contributed by atoms with Crippen LogP contribution in [0.3, 0.4) is 0 Å². The lowest BCUT2D eigenvalue weighted by molar-refractivity contribution is 0.145. The molecule has 0 saturated heterocycles. The quantitative estimate of drug-likeness (QED) is 0.341. The van der Waals surface area contributed by atoms with Gasteiger partial charge in [-0.15, -0.1) is 10.2 Å². The summed E-state index contributed by atoms with van der Waals surface area (Å²) < 4.78 is 13.1. The van der Waals surface area contributed by atoms with Gasteiger partial charge in [0.25, 0.3) is 0 Å². The maximum Gasteiger partial charge on any atom is 0.191 e. The molecule has 1 aromatic carbocycles. The van der Waals surface area contributed by atoms with Crippen LogP contribution in [0.1, 0.15) is 43.0 Å². The van der Waals surface area contributed by atoms with Crippen LogP contribution in [0.4, 0.5) is 0 Å². The van der Waals surface area contributed by atoms with E-state index in [1.54, 1.807) is 0 Å². The molecule has 0 amide bonds. The zero-order chi connectivity index (χ0) is 21.1. The number of aromatic nitrogens is 3. The standard InChI is InChI=1S/C21H34N6O2/c1-6-28-12-8-11-22-21(24-15-20-26-25-17(4)27(20)5)23-14-18-10-9-16(3)13-19(18)29-7-2/h9-10,13H,6-8,11-12,14-15H2,1-5H3,(H2,22,23,24). The normalized spacial score (nSPS) is 11.6. The van der Waals surface area contributed by atoms with Gasteiger partial charge in [-0.2, -0.15) is 0 Å². The van der Waals surface area contributed by atoms with E-state index in [-0.39, 0.29) is 0 Å². The minimum atomic E-state index is 0.522. The fraction of sp³-hybridized carbons (Fsp3) is 0.571. The fourth-order valence-electron chi connectivity index (χ4n) is 2.71. The van der Waals surface area contributed by atoms with E-state index in [0.29, 0.717) is 19.7 Å². The molecule has 0 bridgehead atoms. The Kier molecular flexibility index (Phi) is 9.43. The molecule has 0 spiro atoms. The highest BCUT2D eigenvalue weighted by atomic mass is 16.5. The fourth-order valence-corrected chi connectivity index (χ4v) is 2.71.